The Bertz CT molecular complexity index is 2410. The predicted molar refractivity (Wildman–Crippen MR) is 177 cm³/mol. The number of rotatable bonds is 2. The van der Waals surface area contributed by atoms with Gasteiger partial charge in [-0.1, -0.05) is 0 Å². The van der Waals surface area contributed by atoms with Gasteiger partial charge in [-0.05, 0) is 0 Å². The zero-order valence-electron chi connectivity index (χ0n) is 22.4. The van der Waals surface area contributed by atoms with Gasteiger partial charge in [0.1, 0.15) is 0 Å². The van der Waals surface area contributed by atoms with Crippen molar-refractivity contribution in [1.29, 1.82) is 0 Å². The molecule has 4 heteroatoms. The first-order chi connectivity index (χ1) is 20.8. The van der Waals surface area contributed by atoms with E-state index in [0.29, 0.717) is 0 Å². The van der Waals surface area contributed by atoms with Gasteiger partial charge in [-0.15, -0.1) is 0 Å². The summed E-state index contributed by atoms with van der Waals surface area (Å²) in [6, 6.07) is 48.4. The van der Waals surface area contributed by atoms with E-state index in [-0.39, 0.29) is 14.5 Å². The maximum absolute atomic E-state index is 6.52. The van der Waals surface area contributed by atoms with Gasteiger partial charge in [0.05, 0.1) is 0 Å². The van der Waals surface area contributed by atoms with Gasteiger partial charge in [0.2, 0.25) is 0 Å². The Morgan fingerprint density at radius 2 is 0.881 bits per heavy atom. The van der Waals surface area contributed by atoms with Crippen LogP contribution in [0.1, 0.15) is 0 Å². The Hall–Kier alpha value is -5.02. The second kappa shape index (κ2) is 8.27. The molecular formula is C38H22N2OSe. The molecule has 4 heterocycles. The van der Waals surface area contributed by atoms with Crippen LogP contribution in [0.25, 0.3) is 85.4 Å². The number of furan rings is 1. The molecule has 6 aromatic carbocycles. The molecule has 0 radical (unpaired) electrons. The molecule has 0 amide bonds. The fraction of sp³-hybridized carbons (Fsp3) is 0. The number of hydrogen-bond donors (Lipinski definition) is 0. The minimum absolute atomic E-state index is 0.135. The molecule has 0 aliphatic heterocycles. The van der Waals surface area contributed by atoms with Crippen molar-refractivity contribution in [3.8, 4) is 11.4 Å². The van der Waals surface area contributed by atoms with E-state index in [1.165, 1.54) is 69.7 Å². The van der Waals surface area contributed by atoms with Gasteiger partial charge in [-0.2, -0.15) is 0 Å². The van der Waals surface area contributed by atoms with E-state index in [4.69, 9.17) is 4.42 Å². The van der Waals surface area contributed by atoms with Gasteiger partial charge < -0.3 is 0 Å². The average Bonchev–Trinajstić information content (AvgIpc) is 3.77. The molecule has 0 fully saturated rings. The molecule has 0 atom stereocenters. The summed E-state index contributed by atoms with van der Waals surface area (Å²) in [6.07, 6.45) is 0. The van der Waals surface area contributed by atoms with Crippen LogP contribution < -0.4 is 0 Å². The number of fused-ring (bicyclic) bond motifs is 11. The molecule has 0 unspecified atom stereocenters. The summed E-state index contributed by atoms with van der Waals surface area (Å²) in [4.78, 5) is 0. The van der Waals surface area contributed by atoms with Crippen molar-refractivity contribution in [2.24, 2.45) is 0 Å². The standard InChI is InChI=1S/C38H22N2OSe/c1-5-13-31-25(9-1)26-10-2-6-14-32(26)39(31)23-17-19-35-29(21-23)37-30-22-24(18-20-36(30)42-38(37)41-35)40-33-15-7-3-11-27(33)28-12-4-8-16-34(28)40/h1-22H. The summed E-state index contributed by atoms with van der Waals surface area (Å²) < 4.78 is 13.8. The number of nitrogens with zero attached hydrogens (tertiary/aromatic N) is 2. The Morgan fingerprint density at radius 3 is 1.40 bits per heavy atom. The normalized spacial score (nSPS) is 12.3. The van der Waals surface area contributed by atoms with Crippen LogP contribution in [0.5, 0.6) is 0 Å². The number of hydrogen-bond acceptors (Lipinski definition) is 1. The van der Waals surface area contributed by atoms with E-state index in [9.17, 15) is 0 Å². The van der Waals surface area contributed by atoms with E-state index in [0.717, 1.165) is 15.7 Å². The molecule has 10 aromatic rings. The second-order valence-corrected chi connectivity index (χ2v) is 13.1. The molecule has 0 aliphatic carbocycles. The zero-order chi connectivity index (χ0) is 27.4. The van der Waals surface area contributed by atoms with Crippen molar-refractivity contribution < 1.29 is 4.42 Å². The first kappa shape index (κ1) is 22.6. The average molecular weight is 602 g/mol. The van der Waals surface area contributed by atoms with Crippen LogP contribution >= 0.6 is 0 Å². The summed E-state index contributed by atoms with van der Waals surface area (Å²) in [5, 5.41) is 8.84. The summed E-state index contributed by atoms with van der Waals surface area (Å²) >= 11 is 0.135. The van der Waals surface area contributed by atoms with Crippen LogP contribution in [0.4, 0.5) is 0 Å². The maximum atomic E-state index is 6.52. The molecular weight excluding hydrogens is 579 g/mol. The third-order valence-corrected chi connectivity index (χ3v) is 11.0. The fourth-order valence-electron chi connectivity index (χ4n) is 6.97. The van der Waals surface area contributed by atoms with E-state index in [1.807, 2.05) is 0 Å². The summed E-state index contributed by atoms with van der Waals surface area (Å²) in [5.41, 5.74) is 8.19. The third kappa shape index (κ3) is 2.95. The van der Waals surface area contributed by atoms with Gasteiger partial charge >= 0.3 is 247 Å². The molecule has 0 spiro atoms. The minimum atomic E-state index is 0.135. The monoisotopic (exact) mass is 602 g/mol. The van der Waals surface area contributed by atoms with Crippen LogP contribution in [-0.2, 0) is 0 Å². The van der Waals surface area contributed by atoms with Gasteiger partial charge in [0.25, 0.3) is 0 Å². The van der Waals surface area contributed by atoms with Crippen LogP contribution in [0.2, 0.25) is 0 Å². The van der Waals surface area contributed by atoms with Crippen molar-refractivity contribution in [2.75, 3.05) is 0 Å². The molecule has 10 rings (SSSR count). The SMILES string of the molecule is c1ccc2c(c1)c1ccccc1n2-c1ccc2oc3[se]c4ccc(-n5c6ccccc6c6ccccc65)cc4c3c2c1. The van der Waals surface area contributed by atoms with Crippen molar-refractivity contribution in [3.05, 3.63) is 133 Å². The first-order valence-electron chi connectivity index (χ1n) is 14.2. The van der Waals surface area contributed by atoms with Crippen LogP contribution in [-0.4, -0.2) is 23.6 Å². The molecule has 0 saturated carbocycles. The quantitative estimate of drug-likeness (QED) is 0.181. The number of benzene rings is 6. The molecule has 0 N–H and O–H groups in total. The number of para-hydroxylation sites is 4. The molecule has 196 valence electrons. The van der Waals surface area contributed by atoms with Crippen molar-refractivity contribution in [2.45, 2.75) is 0 Å². The molecule has 42 heavy (non-hydrogen) atoms. The van der Waals surface area contributed by atoms with Gasteiger partial charge in [-0.3, -0.25) is 0 Å². The van der Waals surface area contributed by atoms with Crippen LogP contribution in [0.3, 0.4) is 0 Å². The number of aromatic nitrogens is 2. The molecule has 0 saturated heterocycles. The third-order valence-electron chi connectivity index (χ3n) is 8.75. The van der Waals surface area contributed by atoms with Crippen LogP contribution in [0, 0.1) is 0 Å². The topological polar surface area (TPSA) is 23.0 Å². The summed E-state index contributed by atoms with van der Waals surface area (Å²) in [6.45, 7) is 0. The fourth-order valence-corrected chi connectivity index (χ4v) is 9.20. The van der Waals surface area contributed by atoms with Crippen molar-refractivity contribution >= 4 is 88.6 Å². The Balaban J connectivity index is 1.26. The van der Waals surface area contributed by atoms with Crippen molar-refractivity contribution in [3.63, 3.8) is 0 Å². The van der Waals surface area contributed by atoms with Crippen molar-refractivity contribution in [1.82, 2.24) is 9.13 Å². The van der Waals surface area contributed by atoms with E-state index >= 15 is 0 Å². The van der Waals surface area contributed by atoms with Crippen LogP contribution in [0.15, 0.2) is 138 Å². The van der Waals surface area contributed by atoms with Gasteiger partial charge in [-0.25, -0.2) is 0 Å². The molecule has 0 bridgehead atoms. The molecule has 3 nitrogen and oxygen atoms in total. The van der Waals surface area contributed by atoms with E-state index in [2.05, 4.69) is 143 Å². The Morgan fingerprint density at radius 1 is 0.429 bits per heavy atom. The van der Waals surface area contributed by atoms with Gasteiger partial charge in [0.15, 0.2) is 0 Å². The Kier molecular flexibility index (Phi) is 4.46. The zero-order valence-corrected chi connectivity index (χ0v) is 24.1. The Labute approximate surface area is 246 Å². The van der Waals surface area contributed by atoms with E-state index < -0.39 is 0 Å². The predicted octanol–water partition coefficient (Wildman–Crippen LogP) is 9.99. The summed E-state index contributed by atoms with van der Waals surface area (Å²) in [5.74, 6) is 0. The molecule has 0 aliphatic rings. The second-order valence-electron chi connectivity index (χ2n) is 11.0. The molecule has 4 aromatic heterocycles. The first-order valence-corrected chi connectivity index (χ1v) is 15.9. The van der Waals surface area contributed by atoms with Gasteiger partial charge in [0, 0.05) is 0 Å². The summed E-state index contributed by atoms with van der Waals surface area (Å²) in [7, 11) is 0. The van der Waals surface area contributed by atoms with E-state index in [1.54, 1.807) is 0 Å².